The molecule has 0 aliphatic carbocycles. The zero-order valence-corrected chi connectivity index (χ0v) is 11.9. The molecule has 0 aromatic carbocycles. The lowest BCUT2D eigenvalue weighted by molar-refractivity contribution is -0.144. The molecule has 0 aromatic heterocycles. The highest BCUT2D eigenvalue weighted by molar-refractivity contribution is 5.87. The van der Waals surface area contributed by atoms with Gasteiger partial charge >= 0.3 is 12.1 Å². The van der Waals surface area contributed by atoms with Gasteiger partial charge in [-0.25, -0.2) is 9.59 Å². The van der Waals surface area contributed by atoms with Crippen molar-refractivity contribution in [2.75, 3.05) is 6.61 Å². The monoisotopic (exact) mass is 289 g/mol. The van der Waals surface area contributed by atoms with Crippen LogP contribution in [0.4, 0.5) is 4.79 Å². The number of aliphatic hydroxyl groups excluding tert-OH is 1. The van der Waals surface area contributed by atoms with Gasteiger partial charge in [0.05, 0.1) is 6.61 Å². The number of esters is 1. The molecule has 7 heteroatoms. The number of alkyl carbamates (subject to hydrolysis) is 1. The Balaban J connectivity index is 3.89. The minimum absolute atomic E-state index is 0.232. The number of hydrogen-bond acceptors (Lipinski definition) is 6. The van der Waals surface area contributed by atoms with E-state index in [1.54, 1.807) is 6.92 Å². The maximum absolute atomic E-state index is 11.6. The van der Waals surface area contributed by atoms with Gasteiger partial charge in [0.2, 0.25) is 0 Å². The van der Waals surface area contributed by atoms with Crippen LogP contribution >= 0.6 is 0 Å². The van der Waals surface area contributed by atoms with Crippen molar-refractivity contribution in [2.45, 2.75) is 52.0 Å². The second-order valence-electron chi connectivity index (χ2n) is 4.24. The van der Waals surface area contributed by atoms with E-state index in [4.69, 9.17) is 14.9 Å². The van der Waals surface area contributed by atoms with Crippen LogP contribution in [0.3, 0.4) is 0 Å². The van der Waals surface area contributed by atoms with Crippen molar-refractivity contribution >= 4 is 12.1 Å². The van der Waals surface area contributed by atoms with Gasteiger partial charge < -0.3 is 19.7 Å². The Morgan fingerprint density at radius 3 is 2.50 bits per heavy atom. The lowest BCUT2D eigenvalue weighted by Gasteiger charge is -2.15. The van der Waals surface area contributed by atoms with Gasteiger partial charge in [-0.2, -0.15) is 0 Å². The molecule has 1 amide bonds. The third-order valence-corrected chi connectivity index (χ3v) is 2.36. The smallest absolute Gasteiger partial charge is 0.409 e. The van der Waals surface area contributed by atoms with Crippen LogP contribution in [0.1, 0.15) is 39.5 Å². The van der Waals surface area contributed by atoms with Crippen molar-refractivity contribution in [3.8, 4) is 0 Å². The van der Waals surface area contributed by atoms with Gasteiger partial charge in [0, 0.05) is 5.57 Å². The highest BCUT2D eigenvalue weighted by Gasteiger charge is 2.15. The van der Waals surface area contributed by atoms with Crippen LogP contribution < -0.4 is 5.32 Å². The van der Waals surface area contributed by atoms with Crippen molar-refractivity contribution in [1.82, 2.24) is 5.32 Å². The number of amides is 1. The maximum atomic E-state index is 11.6. The Bertz CT molecular complexity index is 329. The standard InChI is InChI=1S/C13H23NO6/c1-4-19-13(18)14-10(3)20-12(17)9(2)7-5-6-8-11(15)16/h10-11,15-16H,2,4-8H2,1,3H3,(H,14,18). The molecule has 116 valence electrons. The molecule has 0 saturated heterocycles. The van der Waals surface area contributed by atoms with Crippen LogP contribution in [0.2, 0.25) is 0 Å². The van der Waals surface area contributed by atoms with E-state index in [1.165, 1.54) is 6.92 Å². The lowest BCUT2D eigenvalue weighted by Crippen LogP contribution is -2.36. The van der Waals surface area contributed by atoms with Crippen LogP contribution in [-0.2, 0) is 14.3 Å². The SMILES string of the molecule is C=C(CCCCC(O)O)C(=O)OC(C)NC(=O)OCC. The van der Waals surface area contributed by atoms with Crippen LogP contribution in [0.5, 0.6) is 0 Å². The van der Waals surface area contributed by atoms with E-state index in [0.29, 0.717) is 19.3 Å². The number of ether oxygens (including phenoxy) is 2. The molecule has 1 unspecified atom stereocenters. The summed E-state index contributed by atoms with van der Waals surface area (Å²) in [5, 5.41) is 19.7. The summed E-state index contributed by atoms with van der Waals surface area (Å²) in [5.41, 5.74) is 0.273. The topological polar surface area (TPSA) is 105 Å². The zero-order chi connectivity index (χ0) is 15.5. The minimum atomic E-state index is -1.33. The Morgan fingerprint density at radius 1 is 1.30 bits per heavy atom. The molecule has 0 heterocycles. The first kappa shape index (κ1) is 18.4. The number of rotatable bonds is 9. The van der Waals surface area contributed by atoms with Gasteiger partial charge in [-0.15, -0.1) is 0 Å². The molecule has 0 rings (SSSR count). The first-order valence-electron chi connectivity index (χ1n) is 6.55. The van der Waals surface area contributed by atoms with E-state index in [-0.39, 0.29) is 18.6 Å². The van der Waals surface area contributed by atoms with E-state index in [0.717, 1.165) is 0 Å². The largest absolute Gasteiger partial charge is 0.450 e. The normalized spacial score (nSPS) is 11.8. The third-order valence-electron chi connectivity index (χ3n) is 2.36. The van der Waals surface area contributed by atoms with Crippen LogP contribution in [0.25, 0.3) is 0 Å². The fourth-order valence-electron chi connectivity index (χ4n) is 1.38. The molecule has 0 aliphatic rings. The van der Waals surface area contributed by atoms with Gasteiger partial charge in [-0.3, -0.25) is 5.32 Å². The Labute approximate surface area is 118 Å². The maximum Gasteiger partial charge on any atom is 0.409 e. The summed E-state index contributed by atoms with van der Waals surface area (Å²) in [4.78, 5) is 22.7. The van der Waals surface area contributed by atoms with Crippen LogP contribution in [-0.4, -0.2) is 41.4 Å². The van der Waals surface area contributed by atoms with Crippen molar-refractivity contribution in [2.24, 2.45) is 0 Å². The van der Waals surface area contributed by atoms with Crippen molar-refractivity contribution in [1.29, 1.82) is 0 Å². The van der Waals surface area contributed by atoms with E-state index >= 15 is 0 Å². The Morgan fingerprint density at radius 2 is 1.95 bits per heavy atom. The number of carbonyl (C=O) groups is 2. The third kappa shape index (κ3) is 9.35. The van der Waals surface area contributed by atoms with Gasteiger partial charge in [-0.05, 0) is 39.5 Å². The molecular weight excluding hydrogens is 266 g/mol. The quantitative estimate of drug-likeness (QED) is 0.253. The summed E-state index contributed by atoms with van der Waals surface area (Å²) in [6.07, 6.45) is -0.968. The molecule has 20 heavy (non-hydrogen) atoms. The Kier molecular flexibility index (Phi) is 9.40. The number of hydrogen-bond donors (Lipinski definition) is 3. The summed E-state index contributed by atoms with van der Waals surface area (Å²) in [5.74, 6) is -0.598. The summed E-state index contributed by atoms with van der Waals surface area (Å²) in [7, 11) is 0. The highest BCUT2D eigenvalue weighted by Crippen LogP contribution is 2.10. The molecule has 0 bridgehead atoms. The second kappa shape index (κ2) is 10.2. The molecule has 0 fully saturated rings. The minimum Gasteiger partial charge on any atom is -0.450 e. The number of aliphatic hydroxyl groups is 2. The zero-order valence-electron chi connectivity index (χ0n) is 11.9. The van der Waals surface area contributed by atoms with Crippen molar-refractivity contribution in [3.63, 3.8) is 0 Å². The van der Waals surface area contributed by atoms with Crippen molar-refractivity contribution < 1.29 is 29.3 Å². The fraction of sp³-hybridized carbons (Fsp3) is 0.692. The average molecular weight is 289 g/mol. The van der Waals surface area contributed by atoms with Crippen LogP contribution in [0.15, 0.2) is 12.2 Å². The van der Waals surface area contributed by atoms with E-state index in [1.807, 2.05) is 0 Å². The summed E-state index contributed by atoms with van der Waals surface area (Å²) in [6, 6.07) is 0. The summed E-state index contributed by atoms with van der Waals surface area (Å²) < 4.78 is 9.60. The van der Waals surface area contributed by atoms with Gasteiger partial charge in [-0.1, -0.05) is 6.58 Å². The molecule has 0 aromatic rings. The predicted molar refractivity (Wildman–Crippen MR) is 71.5 cm³/mol. The van der Waals surface area contributed by atoms with Gasteiger partial charge in [0.1, 0.15) is 0 Å². The predicted octanol–water partition coefficient (Wildman–Crippen LogP) is 1.05. The first-order valence-corrected chi connectivity index (χ1v) is 6.55. The fourth-order valence-corrected chi connectivity index (χ4v) is 1.38. The van der Waals surface area contributed by atoms with Gasteiger partial charge in [0.25, 0.3) is 0 Å². The molecule has 3 N–H and O–H groups in total. The average Bonchev–Trinajstić information content (AvgIpc) is 2.33. The second-order valence-corrected chi connectivity index (χ2v) is 4.24. The van der Waals surface area contributed by atoms with Gasteiger partial charge in [0.15, 0.2) is 12.5 Å². The van der Waals surface area contributed by atoms with Crippen molar-refractivity contribution in [3.05, 3.63) is 12.2 Å². The molecule has 0 spiro atoms. The molecule has 7 nitrogen and oxygen atoms in total. The molecule has 0 saturated carbocycles. The first-order chi connectivity index (χ1) is 9.36. The molecule has 1 atom stereocenters. The van der Waals surface area contributed by atoms with E-state index < -0.39 is 24.6 Å². The lowest BCUT2D eigenvalue weighted by atomic mass is 10.1. The number of nitrogens with one attached hydrogen (secondary N) is 1. The molecule has 0 radical (unpaired) electrons. The number of carbonyl (C=O) groups excluding carboxylic acids is 2. The van der Waals surface area contributed by atoms with Crippen LogP contribution in [0, 0.1) is 0 Å². The van der Waals surface area contributed by atoms with E-state index in [2.05, 4.69) is 16.6 Å². The Hall–Kier alpha value is -1.60. The summed E-state index contributed by atoms with van der Waals surface area (Å²) in [6.45, 7) is 7.00. The summed E-state index contributed by atoms with van der Waals surface area (Å²) >= 11 is 0. The number of unbranched alkanes of at least 4 members (excludes halogenated alkanes) is 1. The molecule has 0 aliphatic heterocycles. The van der Waals surface area contributed by atoms with E-state index in [9.17, 15) is 9.59 Å². The molecular formula is C13H23NO6. The highest BCUT2D eigenvalue weighted by atomic mass is 16.6.